The smallest absolute Gasteiger partial charge is 0.316 e. The first-order valence-electron chi connectivity index (χ1n) is 9.04. The van der Waals surface area contributed by atoms with Crippen LogP contribution in [0.15, 0.2) is 18.2 Å². The molecule has 2 aliphatic carbocycles. The molecule has 3 atom stereocenters. The van der Waals surface area contributed by atoms with Crippen molar-refractivity contribution in [3.05, 3.63) is 51.6 Å². The molecule has 2 aromatic rings. The van der Waals surface area contributed by atoms with Gasteiger partial charge in [-0.3, -0.25) is 14.4 Å². The molecule has 0 bridgehead atoms. The molecule has 2 aliphatic rings. The molecule has 30 heavy (non-hydrogen) atoms. The second-order valence-corrected chi connectivity index (χ2v) is 7.67. The van der Waals surface area contributed by atoms with Crippen molar-refractivity contribution in [1.29, 1.82) is 0 Å². The predicted molar refractivity (Wildman–Crippen MR) is 99.7 cm³/mol. The molecule has 0 spiro atoms. The van der Waals surface area contributed by atoms with E-state index in [-0.39, 0.29) is 22.3 Å². The van der Waals surface area contributed by atoms with Gasteiger partial charge in [0.1, 0.15) is 23.2 Å². The Kier molecular flexibility index (Phi) is 4.16. The summed E-state index contributed by atoms with van der Waals surface area (Å²) in [6.07, 6.45) is -1.96. The number of rotatable bonds is 1. The number of ether oxygens (including phenoxy) is 1. The zero-order valence-corrected chi connectivity index (χ0v) is 16.0. The van der Waals surface area contributed by atoms with E-state index >= 15 is 0 Å². The number of esters is 1. The van der Waals surface area contributed by atoms with E-state index < -0.39 is 70.0 Å². The maximum atomic E-state index is 13.1. The summed E-state index contributed by atoms with van der Waals surface area (Å²) < 4.78 is 4.72. The zero-order chi connectivity index (χ0) is 22.1. The highest BCUT2D eigenvalue weighted by Crippen LogP contribution is 2.55. The minimum Gasteiger partial charge on any atom is -0.507 e. The van der Waals surface area contributed by atoms with Crippen LogP contribution in [0.3, 0.4) is 0 Å². The Bertz CT molecular complexity index is 1150. The lowest BCUT2D eigenvalue weighted by Gasteiger charge is -2.40. The molecule has 0 fully saturated rings. The van der Waals surface area contributed by atoms with Gasteiger partial charge < -0.3 is 30.3 Å². The van der Waals surface area contributed by atoms with Crippen LogP contribution in [-0.2, 0) is 9.53 Å². The Hall–Kier alpha value is -3.43. The number of phenols is 3. The summed E-state index contributed by atoms with van der Waals surface area (Å²) in [6.45, 7) is 1.25. The summed E-state index contributed by atoms with van der Waals surface area (Å²) in [5.41, 5.74) is -4.32. The molecule has 9 nitrogen and oxygen atoms in total. The van der Waals surface area contributed by atoms with Crippen LogP contribution in [0.4, 0.5) is 0 Å². The Morgan fingerprint density at radius 1 is 1.03 bits per heavy atom. The van der Waals surface area contributed by atoms with Gasteiger partial charge in [-0.1, -0.05) is 12.1 Å². The fourth-order valence-electron chi connectivity index (χ4n) is 4.47. The van der Waals surface area contributed by atoms with E-state index in [1.54, 1.807) is 0 Å². The number of phenolic OH excluding ortho intramolecular Hbond substituents is 3. The highest BCUT2D eigenvalue weighted by molar-refractivity contribution is 6.31. The number of carbonyl (C=O) groups is 3. The number of fused-ring (bicyclic) bond motifs is 3. The van der Waals surface area contributed by atoms with E-state index in [2.05, 4.69) is 0 Å². The van der Waals surface area contributed by atoms with Gasteiger partial charge in [0, 0.05) is 23.1 Å². The summed E-state index contributed by atoms with van der Waals surface area (Å²) in [7, 11) is 1.06. The van der Waals surface area contributed by atoms with Crippen molar-refractivity contribution < 1.29 is 44.7 Å². The maximum absolute atomic E-state index is 13.1. The quantitative estimate of drug-likeness (QED) is 0.289. The lowest BCUT2D eigenvalue weighted by Crippen LogP contribution is -2.44. The molecule has 0 saturated heterocycles. The monoisotopic (exact) mass is 414 g/mol. The average Bonchev–Trinajstić information content (AvgIpc) is 2.66. The Morgan fingerprint density at radius 3 is 2.27 bits per heavy atom. The minimum absolute atomic E-state index is 0.195. The van der Waals surface area contributed by atoms with E-state index in [0.29, 0.717) is 0 Å². The molecule has 5 N–H and O–H groups in total. The standard InChI is InChI=1S/C21H18O9/c1-21(29)6-9(23)11-12(15(21)20(28)30-2)19(27)13-14(18(11)26)17(25)10-7(16(13)24)4-3-5-8(10)22/h3-5,9,15,22-23,26-27,29H,6H2,1-2H3/t9-,15-,21-/m0/s1. The fourth-order valence-corrected chi connectivity index (χ4v) is 4.47. The minimum atomic E-state index is -1.88. The number of hydrogen-bond donors (Lipinski definition) is 5. The number of carbonyl (C=O) groups excluding carboxylic acids is 3. The lowest BCUT2D eigenvalue weighted by molar-refractivity contribution is -0.151. The lowest BCUT2D eigenvalue weighted by atomic mass is 9.68. The van der Waals surface area contributed by atoms with Crippen LogP contribution in [0.5, 0.6) is 17.2 Å². The fraction of sp³-hybridized carbons (Fsp3) is 0.286. The van der Waals surface area contributed by atoms with Crippen molar-refractivity contribution >= 4 is 17.5 Å². The molecule has 0 radical (unpaired) electrons. The first-order chi connectivity index (χ1) is 14.0. The van der Waals surface area contributed by atoms with Crippen LogP contribution in [0.25, 0.3) is 0 Å². The summed E-state index contributed by atoms with van der Waals surface area (Å²) >= 11 is 0. The molecule has 0 aromatic heterocycles. The van der Waals surface area contributed by atoms with E-state index in [4.69, 9.17) is 4.74 Å². The van der Waals surface area contributed by atoms with Gasteiger partial charge in [-0.15, -0.1) is 0 Å². The number of hydrogen-bond acceptors (Lipinski definition) is 9. The molecule has 4 rings (SSSR count). The van der Waals surface area contributed by atoms with E-state index in [1.807, 2.05) is 0 Å². The molecule has 0 saturated carbocycles. The van der Waals surface area contributed by atoms with Crippen molar-refractivity contribution in [3.8, 4) is 17.2 Å². The summed E-state index contributed by atoms with van der Waals surface area (Å²) in [4.78, 5) is 38.5. The number of aromatic hydroxyl groups is 3. The van der Waals surface area contributed by atoms with Crippen LogP contribution < -0.4 is 0 Å². The summed E-state index contributed by atoms with van der Waals surface area (Å²) in [6, 6.07) is 3.81. The van der Waals surface area contributed by atoms with Crippen molar-refractivity contribution in [2.45, 2.75) is 31.0 Å². The zero-order valence-electron chi connectivity index (χ0n) is 16.0. The van der Waals surface area contributed by atoms with Gasteiger partial charge in [0.2, 0.25) is 5.78 Å². The summed E-state index contributed by atoms with van der Waals surface area (Å²) in [5.74, 6) is -6.39. The number of methoxy groups -OCH3 is 1. The maximum Gasteiger partial charge on any atom is 0.316 e. The van der Waals surface area contributed by atoms with E-state index in [9.17, 15) is 39.9 Å². The molecular weight excluding hydrogens is 396 g/mol. The molecular formula is C21H18O9. The SMILES string of the molecule is COC(=O)[C@@H]1c2c(O)c3c(c(O)c2[C@@H](O)C[C@]1(C)O)C(=O)c1c(O)cccc1C3=O. The van der Waals surface area contributed by atoms with Crippen molar-refractivity contribution in [2.24, 2.45) is 0 Å². The molecule has 0 heterocycles. The molecule has 0 unspecified atom stereocenters. The largest absolute Gasteiger partial charge is 0.507 e. The van der Waals surface area contributed by atoms with E-state index in [1.165, 1.54) is 25.1 Å². The topological polar surface area (TPSA) is 162 Å². The number of ketones is 2. The van der Waals surface area contributed by atoms with Gasteiger partial charge in [-0.2, -0.15) is 0 Å². The van der Waals surface area contributed by atoms with Crippen LogP contribution in [-0.4, -0.2) is 55.8 Å². The van der Waals surface area contributed by atoms with Gasteiger partial charge in [-0.25, -0.2) is 0 Å². The first kappa shape index (κ1) is 19.9. The van der Waals surface area contributed by atoms with Crippen molar-refractivity contribution in [3.63, 3.8) is 0 Å². The van der Waals surface area contributed by atoms with Crippen LogP contribution in [0.1, 0.15) is 68.3 Å². The first-order valence-corrected chi connectivity index (χ1v) is 9.04. The van der Waals surface area contributed by atoms with Gasteiger partial charge in [-0.05, 0) is 13.0 Å². The van der Waals surface area contributed by atoms with Gasteiger partial charge in [0.05, 0.1) is 35.5 Å². The number of aliphatic hydroxyl groups excluding tert-OH is 1. The van der Waals surface area contributed by atoms with Gasteiger partial charge >= 0.3 is 5.97 Å². The van der Waals surface area contributed by atoms with Gasteiger partial charge in [0.15, 0.2) is 5.78 Å². The normalized spacial score (nSPS) is 24.7. The average molecular weight is 414 g/mol. The number of benzene rings is 2. The summed E-state index contributed by atoms with van der Waals surface area (Å²) in [5, 5.41) is 53.2. The third kappa shape index (κ3) is 2.39. The molecule has 156 valence electrons. The predicted octanol–water partition coefficient (Wildman–Crippen LogP) is 1.02. The van der Waals surface area contributed by atoms with Crippen LogP contribution in [0, 0.1) is 0 Å². The Labute approximate surface area is 169 Å². The van der Waals surface area contributed by atoms with Crippen LogP contribution in [0.2, 0.25) is 0 Å². The molecule has 2 aromatic carbocycles. The highest BCUT2D eigenvalue weighted by atomic mass is 16.5. The molecule has 0 aliphatic heterocycles. The molecule has 0 amide bonds. The highest BCUT2D eigenvalue weighted by Gasteiger charge is 2.52. The second kappa shape index (κ2) is 6.28. The Morgan fingerprint density at radius 2 is 1.63 bits per heavy atom. The molecule has 9 heteroatoms. The van der Waals surface area contributed by atoms with Crippen molar-refractivity contribution in [2.75, 3.05) is 7.11 Å². The number of aliphatic hydroxyl groups is 2. The third-order valence-corrected chi connectivity index (χ3v) is 5.78. The van der Waals surface area contributed by atoms with Gasteiger partial charge in [0.25, 0.3) is 0 Å². The van der Waals surface area contributed by atoms with Crippen LogP contribution >= 0.6 is 0 Å². The Balaban J connectivity index is 2.12. The second-order valence-electron chi connectivity index (χ2n) is 7.67. The van der Waals surface area contributed by atoms with E-state index in [0.717, 1.165) is 7.11 Å². The third-order valence-electron chi connectivity index (χ3n) is 5.78. The van der Waals surface area contributed by atoms with Crippen molar-refractivity contribution in [1.82, 2.24) is 0 Å².